The second-order valence-electron chi connectivity index (χ2n) is 6.89. The summed E-state index contributed by atoms with van der Waals surface area (Å²) in [4.78, 5) is 12.6. The van der Waals surface area contributed by atoms with E-state index in [1.54, 1.807) is 30.5 Å². The van der Waals surface area contributed by atoms with Crippen LogP contribution < -0.4 is 14.5 Å². The normalized spacial score (nSPS) is 12.6. The molecule has 0 saturated heterocycles. The molecule has 2 aromatic carbocycles. The number of hydrogen-bond donors (Lipinski definition) is 1. The number of ether oxygens (including phenoxy) is 1. The summed E-state index contributed by atoms with van der Waals surface area (Å²) in [6.45, 7) is 7.56. The van der Waals surface area contributed by atoms with Crippen LogP contribution in [-0.2, 0) is 14.8 Å². The molecule has 0 aliphatic carbocycles. The first-order valence-electron chi connectivity index (χ1n) is 9.09. The van der Waals surface area contributed by atoms with Crippen LogP contribution in [0.1, 0.15) is 29.2 Å². The number of hydrazone groups is 1. The molecule has 0 fully saturated rings. The number of amides is 1. The molecule has 7 nitrogen and oxygen atoms in total. The zero-order valence-electron chi connectivity index (χ0n) is 17.6. The second kappa shape index (κ2) is 9.09. The molecule has 2 aromatic rings. The van der Waals surface area contributed by atoms with Gasteiger partial charge in [0.15, 0.2) is 0 Å². The number of hydrogen-bond acceptors (Lipinski definition) is 5. The van der Waals surface area contributed by atoms with Gasteiger partial charge in [-0.05, 0) is 74.2 Å². The van der Waals surface area contributed by atoms with Gasteiger partial charge in [-0.2, -0.15) is 5.10 Å². The Morgan fingerprint density at radius 1 is 1.10 bits per heavy atom. The number of sulfonamides is 1. The smallest absolute Gasteiger partial charge is 0.263 e. The standard InChI is InChI=1S/C21H27N3O4S/c1-14-7-8-18(16(3)15(14)2)13-22-23-21(25)17(4)24(29(6,26)27)19-9-11-20(28-5)12-10-19/h7-13,17H,1-6H3,(H,23,25)/b22-13-/t17-/m0/s1. The minimum atomic E-state index is -3.70. The predicted octanol–water partition coefficient (Wildman–Crippen LogP) is 2.93. The molecule has 0 saturated carbocycles. The SMILES string of the molecule is COc1ccc(N([C@@H](C)C(=O)N/N=C\c2ccc(C)c(C)c2C)S(C)(=O)=O)cc1. The van der Waals surface area contributed by atoms with Crippen LogP contribution in [0.3, 0.4) is 0 Å². The summed E-state index contributed by atoms with van der Waals surface area (Å²) in [6, 6.07) is 9.38. The Kier molecular flexibility index (Phi) is 7.02. The summed E-state index contributed by atoms with van der Waals surface area (Å²) in [5.41, 5.74) is 7.11. The molecular formula is C21H27N3O4S. The van der Waals surface area contributed by atoms with Crippen LogP contribution in [0.4, 0.5) is 5.69 Å². The molecule has 156 valence electrons. The van der Waals surface area contributed by atoms with E-state index in [1.807, 2.05) is 32.9 Å². The topological polar surface area (TPSA) is 88.1 Å². The summed E-state index contributed by atoms with van der Waals surface area (Å²) in [5, 5.41) is 4.01. The molecule has 0 radical (unpaired) electrons. The predicted molar refractivity (Wildman–Crippen MR) is 116 cm³/mol. The Balaban J connectivity index is 2.20. The summed E-state index contributed by atoms with van der Waals surface area (Å²) >= 11 is 0. The highest BCUT2D eigenvalue weighted by Gasteiger charge is 2.29. The largest absolute Gasteiger partial charge is 0.497 e. The monoisotopic (exact) mass is 417 g/mol. The number of aryl methyl sites for hydroxylation is 1. The first kappa shape index (κ1) is 22.4. The molecule has 29 heavy (non-hydrogen) atoms. The zero-order chi connectivity index (χ0) is 21.8. The van der Waals surface area contributed by atoms with Crippen molar-refractivity contribution in [3.05, 3.63) is 58.7 Å². The molecule has 2 rings (SSSR count). The van der Waals surface area contributed by atoms with Gasteiger partial charge in [-0.1, -0.05) is 12.1 Å². The van der Waals surface area contributed by atoms with Crippen LogP contribution in [0, 0.1) is 20.8 Å². The Labute approximate surface area is 172 Å². The fraction of sp³-hybridized carbons (Fsp3) is 0.333. The minimum Gasteiger partial charge on any atom is -0.497 e. The molecule has 0 aliphatic rings. The van der Waals surface area contributed by atoms with Crippen LogP contribution in [0.25, 0.3) is 0 Å². The summed E-state index contributed by atoms with van der Waals surface area (Å²) in [7, 11) is -2.17. The highest BCUT2D eigenvalue weighted by atomic mass is 32.2. The van der Waals surface area contributed by atoms with Crippen molar-refractivity contribution in [3.63, 3.8) is 0 Å². The van der Waals surface area contributed by atoms with Gasteiger partial charge in [-0.3, -0.25) is 9.10 Å². The number of carbonyl (C=O) groups is 1. The van der Waals surface area contributed by atoms with Crippen LogP contribution >= 0.6 is 0 Å². The van der Waals surface area contributed by atoms with Crippen molar-refractivity contribution >= 4 is 27.8 Å². The Morgan fingerprint density at radius 2 is 1.72 bits per heavy atom. The fourth-order valence-electron chi connectivity index (χ4n) is 2.91. The summed E-state index contributed by atoms with van der Waals surface area (Å²) < 4.78 is 30.8. The Bertz CT molecular complexity index is 1010. The van der Waals surface area contributed by atoms with Crippen molar-refractivity contribution in [2.45, 2.75) is 33.7 Å². The molecular weight excluding hydrogens is 390 g/mol. The van der Waals surface area contributed by atoms with Gasteiger partial charge in [0.05, 0.1) is 25.3 Å². The lowest BCUT2D eigenvalue weighted by atomic mass is 10.00. The Hall–Kier alpha value is -2.87. The minimum absolute atomic E-state index is 0.366. The van der Waals surface area contributed by atoms with E-state index in [9.17, 15) is 13.2 Å². The molecule has 8 heteroatoms. The van der Waals surface area contributed by atoms with E-state index in [1.165, 1.54) is 19.6 Å². The van der Waals surface area contributed by atoms with Gasteiger partial charge in [-0.25, -0.2) is 13.8 Å². The molecule has 1 atom stereocenters. The number of rotatable bonds is 7. The highest BCUT2D eigenvalue weighted by molar-refractivity contribution is 7.92. The zero-order valence-corrected chi connectivity index (χ0v) is 18.4. The van der Waals surface area contributed by atoms with E-state index in [-0.39, 0.29) is 0 Å². The van der Waals surface area contributed by atoms with E-state index in [2.05, 4.69) is 10.5 Å². The first-order valence-corrected chi connectivity index (χ1v) is 10.9. The van der Waals surface area contributed by atoms with Crippen LogP contribution in [0.5, 0.6) is 5.75 Å². The molecule has 0 aliphatic heterocycles. The van der Waals surface area contributed by atoms with Crippen molar-refractivity contribution in [2.75, 3.05) is 17.7 Å². The van der Waals surface area contributed by atoms with Crippen LogP contribution in [-0.4, -0.2) is 39.9 Å². The van der Waals surface area contributed by atoms with E-state index >= 15 is 0 Å². The van der Waals surface area contributed by atoms with Crippen molar-refractivity contribution in [1.29, 1.82) is 0 Å². The third-order valence-electron chi connectivity index (χ3n) is 4.89. The summed E-state index contributed by atoms with van der Waals surface area (Å²) in [5.74, 6) is 0.0525. The quantitative estimate of drug-likeness (QED) is 0.554. The van der Waals surface area contributed by atoms with E-state index in [0.717, 1.165) is 27.3 Å². The molecule has 0 unspecified atom stereocenters. The average molecular weight is 418 g/mol. The fourth-order valence-corrected chi connectivity index (χ4v) is 4.09. The van der Waals surface area contributed by atoms with Gasteiger partial charge in [-0.15, -0.1) is 0 Å². The van der Waals surface area contributed by atoms with E-state index in [4.69, 9.17) is 4.74 Å². The number of nitrogens with one attached hydrogen (secondary N) is 1. The van der Waals surface area contributed by atoms with Gasteiger partial charge in [0.1, 0.15) is 11.8 Å². The molecule has 0 heterocycles. The number of methoxy groups -OCH3 is 1. The van der Waals surface area contributed by atoms with Crippen molar-refractivity contribution in [2.24, 2.45) is 5.10 Å². The van der Waals surface area contributed by atoms with Crippen molar-refractivity contribution in [1.82, 2.24) is 5.43 Å². The Morgan fingerprint density at radius 3 is 2.28 bits per heavy atom. The van der Waals surface area contributed by atoms with E-state index < -0.39 is 22.0 Å². The lowest BCUT2D eigenvalue weighted by molar-refractivity contribution is -0.121. The van der Waals surface area contributed by atoms with Crippen molar-refractivity contribution in [3.8, 4) is 5.75 Å². The number of benzene rings is 2. The second-order valence-corrected chi connectivity index (χ2v) is 8.75. The summed E-state index contributed by atoms with van der Waals surface area (Å²) in [6.07, 6.45) is 2.62. The average Bonchev–Trinajstić information content (AvgIpc) is 2.67. The molecule has 1 N–H and O–H groups in total. The molecule has 0 aromatic heterocycles. The van der Waals surface area contributed by atoms with Crippen LogP contribution in [0.2, 0.25) is 0 Å². The third-order valence-corrected chi connectivity index (χ3v) is 6.14. The first-order chi connectivity index (χ1) is 13.6. The molecule has 0 spiro atoms. The van der Waals surface area contributed by atoms with Gasteiger partial charge in [0.2, 0.25) is 10.0 Å². The van der Waals surface area contributed by atoms with Gasteiger partial charge in [0.25, 0.3) is 5.91 Å². The lowest BCUT2D eigenvalue weighted by Gasteiger charge is -2.27. The third kappa shape index (κ3) is 5.35. The maximum atomic E-state index is 12.6. The number of anilines is 1. The lowest BCUT2D eigenvalue weighted by Crippen LogP contribution is -2.46. The maximum absolute atomic E-state index is 12.6. The highest BCUT2D eigenvalue weighted by Crippen LogP contribution is 2.23. The molecule has 0 bridgehead atoms. The van der Waals surface area contributed by atoms with Gasteiger partial charge >= 0.3 is 0 Å². The van der Waals surface area contributed by atoms with Crippen LogP contribution in [0.15, 0.2) is 41.5 Å². The van der Waals surface area contributed by atoms with Gasteiger partial charge < -0.3 is 4.74 Å². The maximum Gasteiger partial charge on any atom is 0.263 e. The number of nitrogens with zero attached hydrogens (tertiary/aromatic N) is 2. The number of carbonyl (C=O) groups excluding carboxylic acids is 1. The van der Waals surface area contributed by atoms with Crippen molar-refractivity contribution < 1.29 is 17.9 Å². The van der Waals surface area contributed by atoms with Gasteiger partial charge in [0, 0.05) is 0 Å². The molecule has 1 amide bonds. The van der Waals surface area contributed by atoms with E-state index in [0.29, 0.717) is 11.4 Å².